The molecule has 0 amide bonds. The number of ether oxygens (including phenoxy) is 2. The Kier molecular flexibility index (Phi) is 2.43. The first kappa shape index (κ1) is 7.72. The number of carbonyl (C=O) groups is 1. The van der Waals surface area contributed by atoms with Crippen LogP contribution in [-0.2, 0) is 9.47 Å². The summed E-state index contributed by atoms with van der Waals surface area (Å²) >= 11 is 1.65. The van der Waals surface area contributed by atoms with Crippen molar-refractivity contribution in [3.05, 3.63) is 0 Å². The predicted molar refractivity (Wildman–Crippen MR) is 39.2 cm³/mol. The minimum absolute atomic E-state index is 0.0532. The summed E-state index contributed by atoms with van der Waals surface area (Å²) in [6.45, 7) is 1.84. The monoisotopic (exact) mass is 162 g/mol. The van der Waals surface area contributed by atoms with E-state index in [-0.39, 0.29) is 12.2 Å². The summed E-state index contributed by atoms with van der Waals surface area (Å²) in [6.07, 6.45) is 1.30. The molecule has 1 aliphatic rings. The molecule has 0 aromatic rings. The summed E-state index contributed by atoms with van der Waals surface area (Å²) in [6, 6.07) is 0. The maximum atomic E-state index is 10.5. The van der Waals surface area contributed by atoms with Gasteiger partial charge in [-0.3, -0.25) is 0 Å². The Morgan fingerprint density at radius 3 is 2.70 bits per heavy atom. The third-order valence-corrected chi connectivity index (χ3v) is 2.05. The molecular weight excluding hydrogens is 152 g/mol. The van der Waals surface area contributed by atoms with Crippen LogP contribution >= 0.6 is 11.8 Å². The minimum atomic E-state index is -0.536. The SMILES string of the molecule is CSCC1OC(=O)OC1C. The van der Waals surface area contributed by atoms with Crippen molar-refractivity contribution >= 4 is 17.9 Å². The summed E-state index contributed by atoms with van der Waals surface area (Å²) in [5, 5.41) is 0. The molecule has 2 atom stereocenters. The van der Waals surface area contributed by atoms with E-state index >= 15 is 0 Å². The number of carbonyl (C=O) groups excluding carboxylic acids is 1. The maximum absolute atomic E-state index is 10.5. The molecular formula is C6H10O3S. The van der Waals surface area contributed by atoms with Crippen LogP contribution in [0.2, 0.25) is 0 Å². The molecule has 0 bridgehead atoms. The van der Waals surface area contributed by atoms with E-state index in [0.717, 1.165) is 5.75 Å². The van der Waals surface area contributed by atoms with Crippen molar-refractivity contribution in [3.63, 3.8) is 0 Å². The Balaban J connectivity index is 2.38. The molecule has 3 nitrogen and oxygen atoms in total. The molecule has 1 aliphatic heterocycles. The van der Waals surface area contributed by atoms with Gasteiger partial charge in [-0.15, -0.1) is 0 Å². The average molecular weight is 162 g/mol. The quantitative estimate of drug-likeness (QED) is 0.573. The fourth-order valence-electron chi connectivity index (χ4n) is 0.809. The van der Waals surface area contributed by atoms with Gasteiger partial charge < -0.3 is 9.47 Å². The molecule has 0 N–H and O–H groups in total. The van der Waals surface area contributed by atoms with E-state index in [9.17, 15) is 4.79 Å². The molecule has 1 rings (SSSR count). The van der Waals surface area contributed by atoms with Gasteiger partial charge in [-0.2, -0.15) is 11.8 Å². The Bertz CT molecular complexity index is 137. The molecule has 1 heterocycles. The molecule has 0 spiro atoms. The number of hydrogen-bond acceptors (Lipinski definition) is 4. The van der Waals surface area contributed by atoms with Crippen LogP contribution in [0.5, 0.6) is 0 Å². The van der Waals surface area contributed by atoms with Crippen molar-refractivity contribution < 1.29 is 14.3 Å². The zero-order valence-electron chi connectivity index (χ0n) is 5.99. The lowest BCUT2D eigenvalue weighted by Gasteiger charge is -2.07. The predicted octanol–water partition coefficient (Wildman–Crippen LogP) is 1.27. The molecule has 10 heavy (non-hydrogen) atoms. The van der Waals surface area contributed by atoms with E-state index in [1.165, 1.54) is 0 Å². The van der Waals surface area contributed by atoms with Crippen LogP contribution in [0.4, 0.5) is 4.79 Å². The van der Waals surface area contributed by atoms with Crippen molar-refractivity contribution in [2.24, 2.45) is 0 Å². The van der Waals surface area contributed by atoms with Gasteiger partial charge in [0.25, 0.3) is 0 Å². The van der Waals surface area contributed by atoms with E-state index < -0.39 is 6.16 Å². The van der Waals surface area contributed by atoms with Gasteiger partial charge in [0.15, 0.2) is 6.10 Å². The third kappa shape index (κ3) is 1.56. The van der Waals surface area contributed by atoms with Crippen LogP contribution in [-0.4, -0.2) is 30.4 Å². The fraction of sp³-hybridized carbons (Fsp3) is 0.833. The van der Waals surface area contributed by atoms with Gasteiger partial charge in [-0.1, -0.05) is 0 Å². The van der Waals surface area contributed by atoms with Crippen molar-refractivity contribution in [2.75, 3.05) is 12.0 Å². The smallest absolute Gasteiger partial charge is 0.427 e. The van der Waals surface area contributed by atoms with Gasteiger partial charge in [0.2, 0.25) is 0 Å². The molecule has 2 unspecified atom stereocenters. The highest BCUT2D eigenvalue weighted by Gasteiger charge is 2.32. The van der Waals surface area contributed by atoms with Crippen LogP contribution < -0.4 is 0 Å². The molecule has 0 radical (unpaired) electrons. The molecule has 1 fully saturated rings. The largest absolute Gasteiger partial charge is 0.509 e. The van der Waals surface area contributed by atoms with Crippen molar-refractivity contribution in [1.29, 1.82) is 0 Å². The van der Waals surface area contributed by atoms with E-state index in [1.807, 2.05) is 13.2 Å². The van der Waals surface area contributed by atoms with Crippen LogP contribution in [0.1, 0.15) is 6.92 Å². The molecule has 0 aromatic heterocycles. The second-order valence-corrected chi connectivity index (χ2v) is 3.10. The molecule has 0 aliphatic carbocycles. The molecule has 0 saturated carbocycles. The van der Waals surface area contributed by atoms with E-state index in [4.69, 9.17) is 9.47 Å². The second-order valence-electron chi connectivity index (χ2n) is 2.18. The molecule has 1 saturated heterocycles. The summed E-state index contributed by atoms with van der Waals surface area (Å²) in [7, 11) is 0. The Morgan fingerprint density at radius 2 is 2.30 bits per heavy atom. The minimum Gasteiger partial charge on any atom is -0.427 e. The van der Waals surface area contributed by atoms with Crippen molar-refractivity contribution in [1.82, 2.24) is 0 Å². The first-order valence-corrected chi connectivity index (χ1v) is 4.49. The van der Waals surface area contributed by atoms with Gasteiger partial charge in [-0.25, -0.2) is 4.79 Å². The van der Waals surface area contributed by atoms with Gasteiger partial charge in [0, 0.05) is 5.75 Å². The van der Waals surface area contributed by atoms with Gasteiger partial charge in [-0.05, 0) is 13.2 Å². The normalized spacial score (nSPS) is 31.6. The second kappa shape index (κ2) is 3.14. The molecule has 0 aromatic carbocycles. The number of hydrogen-bond donors (Lipinski definition) is 0. The summed E-state index contributed by atoms with van der Waals surface area (Å²) < 4.78 is 9.58. The maximum Gasteiger partial charge on any atom is 0.509 e. The number of cyclic esters (lactones) is 2. The lowest BCUT2D eigenvalue weighted by atomic mass is 10.3. The first-order chi connectivity index (χ1) is 4.74. The summed E-state index contributed by atoms with van der Waals surface area (Å²) in [5.74, 6) is 0.812. The van der Waals surface area contributed by atoms with Gasteiger partial charge in [0.05, 0.1) is 0 Å². The first-order valence-electron chi connectivity index (χ1n) is 3.10. The molecule has 4 heteroatoms. The third-order valence-electron chi connectivity index (χ3n) is 1.38. The van der Waals surface area contributed by atoms with Crippen LogP contribution in [0.3, 0.4) is 0 Å². The highest BCUT2D eigenvalue weighted by Crippen LogP contribution is 2.17. The van der Waals surface area contributed by atoms with Gasteiger partial charge in [0.1, 0.15) is 6.10 Å². The van der Waals surface area contributed by atoms with E-state index in [0.29, 0.717) is 0 Å². The Hall–Kier alpha value is -0.380. The Morgan fingerprint density at radius 1 is 1.60 bits per heavy atom. The Labute approximate surface area is 64.1 Å². The zero-order valence-corrected chi connectivity index (χ0v) is 6.81. The van der Waals surface area contributed by atoms with Crippen molar-refractivity contribution in [3.8, 4) is 0 Å². The highest BCUT2D eigenvalue weighted by atomic mass is 32.2. The zero-order chi connectivity index (χ0) is 7.56. The fourth-order valence-corrected chi connectivity index (χ4v) is 1.48. The number of thioether (sulfide) groups is 1. The summed E-state index contributed by atoms with van der Waals surface area (Å²) in [5.41, 5.74) is 0. The topological polar surface area (TPSA) is 35.5 Å². The van der Waals surface area contributed by atoms with Crippen LogP contribution in [0.25, 0.3) is 0 Å². The standard InChI is InChI=1S/C6H10O3S/c1-4-5(3-10-2)9-6(7)8-4/h4-5H,3H2,1-2H3. The lowest BCUT2D eigenvalue weighted by Crippen LogP contribution is -2.21. The summed E-state index contributed by atoms with van der Waals surface area (Å²) in [4.78, 5) is 10.5. The lowest BCUT2D eigenvalue weighted by molar-refractivity contribution is 0.119. The number of rotatable bonds is 2. The van der Waals surface area contributed by atoms with Gasteiger partial charge >= 0.3 is 6.16 Å². The van der Waals surface area contributed by atoms with Crippen LogP contribution in [0.15, 0.2) is 0 Å². The van der Waals surface area contributed by atoms with E-state index in [1.54, 1.807) is 11.8 Å². The highest BCUT2D eigenvalue weighted by molar-refractivity contribution is 7.98. The van der Waals surface area contributed by atoms with Crippen LogP contribution in [0, 0.1) is 0 Å². The molecule has 58 valence electrons. The average Bonchev–Trinajstić information content (AvgIpc) is 2.13. The van der Waals surface area contributed by atoms with E-state index in [2.05, 4.69) is 0 Å². The van der Waals surface area contributed by atoms with Crippen molar-refractivity contribution in [2.45, 2.75) is 19.1 Å².